The van der Waals surface area contributed by atoms with Crippen LogP contribution in [0.5, 0.6) is 0 Å². The van der Waals surface area contributed by atoms with Crippen molar-refractivity contribution in [3.8, 4) is 0 Å². The predicted octanol–water partition coefficient (Wildman–Crippen LogP) is 4.43. The Morgan fingerprint density at radius 2 is 1.66 bits per heavy atom. The van der Waals surface area contributed by atoms with Gasteiger partial charge in [-0.25, -0.2) is 5.01 Å². The fourth-order valence-corrected chi connectivity index (χ4v) is 3.94. The molecule has 5 rings (SSSR count). The van der Waals surface area contributed by atoms with Crippen molar-refractivity contribution < 1.29 is 4.79 Å². The lowest BCUT2D eigenvalue weighted by Gasteiger charge is -2.18. The van der Waals surface area contributed by atoms with Crippen LogP contribution in [0.4, 0.5) is 5.95 Å². The summed E-state index contributed by atoms with van der Waals surface area (Å²) < 4.78 is 0. The van der Waals surface area contributed by atoms with Gasteiger partial charge in [0.25, 0.3) is 11.9 Å². The van der Waals surface area contributed by atoms with Crippen molar-refractivity contribution in [1.82, 2.24) is 30.9 Å². The van der Waals surface area contributed by atoms with Crippen LogP contribution in [0.2, 0.25) is 10.0 Å². The van der Waals surface area contributed by atoms with Gasteiger partial charge in [-0.3, -0.25) is 10.1 Å². The minimum absolute atomic E-state index is 0.0582. The van der Waals surface area contributed by atoms with Crippen LogP contribution < -0.4 is 5.32 Å². The molecular weight excluding hydrogens is 487 g/mol. The average molecular weight is 505 g/mol. The van der Waals surface area contributed by atoms with Crippen LogP contribution in [0.1, 0.15) is 27.4 Å². The molecule has 0 aliphatic carbocycles. The van der Waals surface area contributed by atoms with E-state index in [1.807, 2.05) is 54.6 Å². The van der Waals surface area contributed by atoms with Gasteiger partial charge < -0.3 is 0 Å². The predicted molar refractivity (Wildman–Crippen MR) is 134 cm³/mol. The van der Waals surface area contributed by atoms with Crippen molar-refractivity contribution in [2.75, 3.05) is 6.54 Å². The molecule has 0 bridgehead atoms. The zero-order valence-electron chi connectivity index (χ0n) is 18.1. The van der Waals surface area contributed by atoms with E-state index in [4.69, 9.17) is 28.3 Å². The maximum absolute atomic E-state index is 13.0. The van der Waals surface area contributed by atoms with Crippen LogP contribution in [-0.4, -0.2) is 49.8 Å². The maximum Gasteiger partial charge on any atom is 0.292 e. The van der Waals surface area contributed by atoms with Crippen LogP contribution >= 0.6 is 23.2 Å². The van der Waals surface area contributed by atoms with E-state index < -0.39 is 0 Å². The van der Waals surface area contributed by atoms with Crippen molar-refractivity contribution in [3.63, 3.8) is 0 Å². The Bertz CT molecular complexity index is 1370. The number of H-pyrrole nitrogens is 1. The highest BCUT2D eigenvalue weighted by Gasteiger charge is 2.32. The quantitative estimate of drug-likeness (QED) is 0.315. The standard InChI is InChI=1S/C24H18Cl2N8O/c25-18-10-6-16(7-11-18)21-20(15-4-2-1-3-5-15)14-34(31-21)24(28-23-29-32-33-30-23)27-22(35)17-8-12-19(26)13-9-17/h1-13,20H,14H2,(H2,27,28,29,30,32,33,35). The number of amides is 1. The second kappa shape index (κ2) is 10.0. The monoisotopic (exact) mass is 504 g/mol. The lowest BCUT2D eigenvalue weighted by atomic mass is 9.91. The molecule has 4 aromatic rings. The number of nitrogens with zero attached hydrogens (tertiary/aromatic N) is 6. The third-order valence-electron chi connectivity index (χ3n) is 5.37. The lowest BCUT2D eigenvalue weighted by molar-refractivity contribution is 0.0972. The Morgan fingerprint density at radius 1 is 0.971 bits per heavy atom. The number of aliphatic imine (C=N–C) groups is 1. The molecule has 3 aromatic carbocycles. The Morgan fingerprint density at radius 3 is 2.31 bits per heavy atom. The Balaban J connectivity index is 1.52. The van der Waals surface area contributed by atoms with Crippen LogP contribution in [-0.2, 0) is 0 Å². The molecule has 1 unspecified atom stereocenters. The second-order valence-corrected chi connectivity index (χ2v) is 8.52. The van der Waals surface area contributed by atoms with E-state index in [0.717, 1.165) is 16.8 Å². The van der Waals surface area contributed by atoms with Crippen LogP contribution in [0.15, 0.2) is 89.0 Å². The fourth-order valence-electron chi connectivity index (χ4n) is 3.69. The Hall–Kier alpha value is -4.08. The summed E-state index contributed by atoms with van der Waals surface area (Å²) in [7, 11) is 0. The minimum atomic E-state index is -0.379. The van der Waals surface area contributed by atoms with E-state index in [0.29, 0.717) is 22.2 Å². The first-order valence-corrected chi connectivity index (χ1v) is 11.4. The molecule has 1 amide bonds. The van der Waals surface area contributed by atoms with Crippen molar-refractivity contribution in [3.05, 3.63) is 106 Å². The van der Waals surface area contributed by atoms with Gasteiger partial charge in [0.1, 0.15) is 0 Å². The summed E-state index contributed by atoms with van der Waals surface area (Å²) in [6.07, 6.45) is 0. The third kappa shape index (κ3) is 5.21. The molecule has 1 atom stereocenters. The van der Waals surface area contributed by atoms with Crippen LogP contribution in [0.3, 0.4) is 0 Å². The molecule has 1 aromatic heterocycles. The van der Waals surface area contributed by atoms with Crippen LogP contribution in [0, 0.1) is 0 Å². The van der Waals surface area contributed by atoms with E-state index in [1.165, 1.54) is 0 Å². The van der Waals surface area contributed by atoms with E-state index in [2.05, 4.69) is 30.9 Å². The lowest BCUT2D eigenvalue weighted by Crippen LogP contribution is -2.41. The number of tetrazole rings is 1. The smallest absolute Gasteiger partial charge is 0.291 e. The first kappa shape index (κ1) is 22.7. The highest BCUT2D eigenvalue weighted by molar-refractivity contribution is 6.31. The number of carbonyl (C=O) groups is 1. The first-order valence-electron chi connectivity index (χ1n) is 10.6. The molecule has 1 aliphatic heterocycles. The van der Waals surface area contributed by atoms with Gasteiger partial charge in [-0.1, -0.05) is 70.8 Å². The maximum atomic E-state index is 13.0. The number of halogens is 2. The topological polar surface area (TPSA) is 112 Å². The molecule has 9 nitrogen and oxygen atoms in total. The molecule has 0 saturated carbocycles. The van der Waals surface area contributed by atoms with Crippen molar-refractivity contribution >= 4 is 46.7 Å². The van der Waals surface area contributed by atoms with Gasteiger partial charge >= 0.3 is 0 Å². The molecule has 0 fully saturated rings. The Labute approximate surface area is 210 Å². The molecule has 11 heteroatoms. The fraction of sp³-hybridized carbons (Fsp3) is 0.0833. The molecule has 0 saturated heterocycles. The molecule has 174 valence electrons. The van der Waals surface area contributed by atoms with Crippen molar-refractivity contribution in [2.24, 2.45) is 10.1 Å². The van der Waals surface area contributed by atoms with Gasteiger partial charge in [0.05, 0.1) is 12.3 Å². The largest absolute Gasteiger partial charge is 0.292 e. The number of aromatic nitrogens is 4. The molecule has 0 spiro atoms. The summed E-state index contributed by atoms with van der Waals surface area (Å²) in [5.41, 5.74) is 3.21. The summed E-state index contributed by atoms with van der Waals surface area (Å²) >= 11 is 12.1. The zero-order valence-corrected chi connectivity index (χ0v) is 19.6. The van der Waals surface area contributed by atoms with Gasteiger partial charge in [0, 0.05) is 21.5 Å². The molecule has 1 aliphatic rings. The van der Waals surface area contributed by atoms with Gasteiger partial charge in [-0.15, -0.1) is 5.10 Å². The minimum Gasteiger partial charge on any atom is -0.291 e. The number of hydrazone groups is 1. The number of carbonyl (C=O) groups excluding carboxylic acids is 1. The first-order chi connectivity index (χ1) is 17.1. The number of rotatable bonds is 4. The van der Waals surface area contributed by atoms with Crippen LogP contribution in [0.25, 0.3) is 0 Å². The molecule has 35 heavy (non-hydrogen) atoms. The second-order valence-electron chi connectivity index (χ2n) is 7.65. The number of aromatic amines is 1. The highest BCUT2D eigenvalue weighted by Crippen LogP contribution is 2.29. The summed E-state index contributed by atoms with van der Waals surface area (Å²) in [4.78, 5) is 17.4. The van der Waals surface area contributed by atoms with E-state index in [1.54, 1.807) is 29.3 Å². The van der Waals surface area contributed by atoms with Gasteiger partial charge in [-0.2, -0.15) is 15.3 Å². The summed E-state index contributed by atoms with van der Waals surface area (Å²) in [6, 6.07) is 24.0. The van der Waals surface area contributed by atoms with Gasteiger partial charge in [-0.05, 0) is 52.7 Å². The third-order valence-corrected chi connectivity index (χ3v) is 5.88. The van der Waals surface area contributed by atoms with Gasteiger partial charge in [0.2, 0.25) is 5.96 Å². The van der Waals surface area contributed by atoms with E-state index in [9.17, 15) is 4.79 Å². The number of nitrogens with one attached hydrogen (secondary N) is 2. The van der Waals surface area contributed by atoms with E-state index >= 15 is 0 Å². The highest BCUT2D eigenvalue weighted by atomic mass is 35.5. The molecular formula is C24H18Cl2N8O. The number of hydrogen-bond acceptors (Lipinski definition) is 6. The normalized spacial score (nSPS) is 15.7. The van der Waals surface area contributed by atoms with Crippen molar-refractivity contribution in [1.29, 1.82) is 0 Å². The number of hydrogen-bond donors (Lipinski definition) is 2. The molecule has 0 radical (unpaired) electrons. The summed E-state index contributed by atoms with van der Waals surface area (Å²) in [5.74, 6) is -0.241. The van der Waals surface area contributed by atoms with Crippen molar-refractivity contribution in [2.45, 2.75) is 5.92 Å². The SMILES string of the molecule is O=C(N/C(=N/c1nn[nH]n1)N1CC(c2ccccc2)C(c2ccc(Cl)cc2)=N1)c1ccc(Cl)cc1. The summed E-state index contributed by atoms with van der Waals surface area (Å²) in [6.45, 7) is 0.430. The average Bonchev–Trinajstić information content (AvgIpc) is 3.55. The molecule has 2 N–H and O–H groups in total. The summed E-state index contributed by atoms with van der Waals surface area (Å²) in [5, 5.41) is 24.2. The van der Waals surface area contributed by atoms with E-state index in [-0.39, 0.29) is 23.7 Å². The molecule has 2 heterocycles. The Kier molecular flexibility index (Phi) is 6.51. The number of benzene rings is 3. The van der Waals surface area contributed by atoms with Gasteiger partial charge in [0.15, 0.2) is 0 Å². The zero-order chi connectivity index (χ0) is 24.2. The number of guanidine groups is 1.